The van der Waals surface area contributed by atoms with Gasteiger partial charge < -0.3 is 4.42 Å². The van der Waals surface area contributed by atoms with Crippen LogP contribution >= 0.6 is 0 Å². The second kappa shape index (κ2) is 8.17. The van der Waals surface area contributed by atoms with Crippen molar-refractivity contribution in [2.75, 3.05) is 26.2 Å². The maximum atomic E-state index is 5.33. The van der Waals surface area contributed by atoms with Gasteiger partial charge in [-0.3, -0.25) is 9.91 Å². The van der Waals surface area contributed by atoms with Crippen LogP contribution < -0.4 is 0 Å². The lowest BCUT2D eigenvalue weighted by Gasteiger charge is -2.33. The Morgan fingerprint density at radius 2 is 1.96 bits per heavy atom. The average Bonchev–Trinajstić information content (AvgIpc) is 3.10. The summed E-state index contributed by atoms with van der Waals surface area (Å²) in [6, 6.07) is 10.6. The highest BCUT2D eigenvalue weighted by molar-refractivity contribution is 5.83. The van der Waals surface area contributed by atoms with Gasteiger partial charge in [-0.1, -0.05) is 23.8 Å². The number of aryl methyl sites for hydroxylation is 2. The summed E-state index contributed by atoms with van der Waals surface area (Å²) in [5.74, 6) is 0.863. The van der Waals surface area contributed by atoms with E-state index >= 15 is 0 Å². The Balaban J connectivity index is 1.49. The summed E-state index contributed by atoms with van der Waals surface area (Å²) in [5, 5.41) is 6.76. The zero-order valence-electron chi connectivity index (χ0n) is 15.4. The number of piperazine rings is 1. The van der Waals surface area contributed by atoms with Crippen LogP contribution in [0.2, 0.25) is 0 Å². The van der Waals surface area contributed by atoms with Crippen molar-refractivity contribution in [3.05, 3.63) is 64.6 Å². The van der Waals surface area contributed by atoms with Crippen molar-refractivity contribution >= 4 is 12.3 Å². The lowest BCUT2D eigenvalue weighted by molar-refractivity contribution is 0.131. The number of hydrazone groups is 1. The molecule has 0 spiro atoms. The minimum Gasteiger partial charge on any atom is -0.465 e. The Kier molecular flexibility index (Phi) is 5.71. The van der Waals surface area contributed by atoms with E-state index in [0.717, 1.165) is 44.1 Å². The monoisotopic (exact) mass is 337 g/mol. The molecule has 4 nitrogen and oxygen atoms in total. The Morgan fingerprint density at radius 3 is 2.64 bits per heavy atom. The molecule has 0 N–H and O–H groups in total. The molecule has 0 unspecified atom stereocenters. The number of hydrogen-bond donors (Lipinski definition) is 0. The first kappa shape index (κ1) is 17.5. The highest BCUT2D eigenvalue weighted by atomic mass is 16.3. The second-order valence-electron chi connectivity index (χ2n) is 6.81. The van der Waals surface area contributed by atoms with Crippen molar-refractivity contribution in [2.45, 2.75) is 27.3 Å². The van der Waals surface area contributed by atoms with Gasteiger partial charge in [-0.05, 0) is 55.7 Å². The lowest BCUT2D eigenvalue weighted by atomic mass is 10.1. The molecule has 0 saturated carbocycles. The number of nitrogens with zero attached hydrogens (tertiary/aromatic N) is 3. The van der Waals surface area contributed by atoms with Crippen molar-refractivity contribution in [1.29, 1.82) is 0 Å². The van der Waals surface area contributed by atoms with Gasteiger partial charge in [-0.2, -0.15) is 5.10 Å². The number of allylic oxidation sites excluding steroid dienone is 1. The molecule has 2 heterocycles. The summed E-state index contributed by atoms with van der Waals surface area (Å²) in [7, 11) is 0. The van der Waals surface area contributed by atoms with E-state index < -0.39 is 0 Å². The molecule has 0 bridgehead atoms. The predicted molar refractivity (Wildman–Crippen MR) is 104 cm³/mol. The number of benzene rings is 1. The quantitative estimate of drug-likeness (QED) is 0.770. The lowest BCUT2D eigenvalue weighted by Crippen LogP contribution is -2.43. The van der Waals surface area contributed by atoms with E-state index in [1.54, 1.807) is 6.26 Å². The van der Waals surface area contributed by atoms with Gasteiger partial charge in [-0.15, -0.1) is 0 Å². The third kappa shape index (κ3) is 5.07. The molecule has 0 aliphatic carbocycles. The summed E-state index contributed by atoms with van der Waals surface area (Å²) in [4.78, 5) is 2.51. The van der Waals surface area contributed by atoms with Gasteiger partial charge in [0.05, 0.1) is 12.5 Å². The van der Waals surface area contributed by atoms with Gasteiger partial charge in [0, 0.05) is 32.7 Å². The van der Waals surface area contributed by atoms with Gasteiger partial charge in [0.25, 0.3) is 0 Å². The largest absolute Gasteiger partial charge is 0.465 e. The molecular weight excluding hydrogens is 310 g/mol. The Bertz CT molecular complexity index is 739. The van der Waals surface area contributed by atoms with Gasteiger partial charge >= 0.3 is 0 Å². The maximum absolute atomic E-state index is 5.33. The molecule has 1 aromatic heterocycles. The van der Waals surface area contributed by atoms with Gasteiger partial charge in [0.1, 0.15) is 5.76 Å². The van der Waals surface area contributed by atoms with Crippen LogP contribution in [0.4, 0.5) is 0 Å². The fourth-order valence-corrected chi connectivity index (χ4v) is 3.08. The minimum atomic E-state index is 0.863. The Hall–Kier alpha value is -2.33. The summed E-state index contributed by atoms with van der Waals surface area (Å²) in [6.45, 7) is 11.5. The van der Waals surface area contributed by atoms with E-state index in [4.69, 9.17) is 4.42 Å². The van der Waals surface area contributed by atoms with Crippen molar-refractivity contribution in [1.82, 2.24) is 9.91 Å². The third-order valence-electron chi connectivity index (χ3n) is 4.58. The first-order valence-electron chi connectivity index (χ1n) is 8.89. The molecule has 2 aromatic rings. The van der Waals surface area contributed by atoms with Crippen LogP contribution in [-0.2, 0) is 6.54 Å². The molecular formula is C21H27N3O. The normalized spacial score (nSPS) is 16.8. The smallest absolute Gasteiger partial charge is 0.126 e. The third-order valence-corrected chi connectivity index (χ3v) is 4.58. The molecule has 0 atom stereocenters. The van der Waals surface area contributed by atoms with Crippen molar-refractivity contribution in [2.24, 2.45) is 5.10 Å². The fraction of sp³-hybridized carbons (Fsp3) is 0.381. The van der Waals surface area contributed by atoms with Crippen molar-refractivity contribution in [3.63, 3.8) is 0 Å². The van der Waals surface area contributed by atoms with E-state index in [9.17, 15) is 0 Å². The highest BCUT2D eigenvalue weighted by Gasteiger charge is 2.16. The SMILES string of the molecule is CC(C=NN1CCN(Cc2ccc(C)cc2C)CC1)=Cc1ccco1. The molecule has 1 fully saturated rings. The van der Waals surface area contributed by atoms with Crippen LogP contribution in [0, 0.1) is 13.8 Å². The zero-order valence-corrected chi connectivity index (χ0v) is 15.4. The van der Waals surface area contributed by atoms with Gasteiger partial charge in [-0.25, -0.2) is 0 Å². The van der Waals surface area contributed by atoms with Crippen LogP contribution in [0.5, 0.6) is 0 Å². The van der Waals surface area contributed by atoms with Crippen LogP contribution in [0.25, 0.3) is 6.08 Å². The van der Waals surface area contributed by atoms with Crippen LogP contribution in [0.1, 0.15) is 29.4 Å². The summed E-state index contributed by atoms with van der Waals surface area (Å²) < 4.78 is 5.33. The molecule has 0 radical (unpaired) electrons. The molecule has 1 aliphatic heterocycles. The second-order valence-corrected chi connectivity index (χ2v) is 6.81. The number of furan rings is 1. The Labute approximate surface area is 150 Å². The summed E-state index contributed by atoms with van der Waals surface area (Å²) in [5.41, 5.74) is 5.24. The molecule has 132 valence electrons. The molecule has 1 aromatic carbocycles. The molecule has 1 saturated heterocycles. The topological polar surface area (TPSA) is 32.0 Å². The number of rotatable bonds is 5. The molecule has 25 heavy (non-hydrogen) atoms. The predicted octanol–water partition coefficient (Wildman–Crippen LogP) is 4.10. The van der Waals surface area contributed by atoms with E-state index in [1.165, 1.54) is 16.7 Å². The van der Waals surface area contributed by atoms with Gasteiger partial charge in [0.15, 0.2) is 0 Å². The van der Waals surface area contributed by atoms with Crippen LogP contribution in [0.15, 0.2) is 51.7 Å². The Morgan fingerprint density at radius 1 is 1.16 bits per heavy atom. The minimum absolute atomic E-state index is 0.863. The van der Waals surface area contributed by atoms with Crippen molar-refractivity contribution in [3.8, 4) is 0 Å². The highest BCUT2D eigenvalue weighted by Crippen LogP contribution is 2.15. The fourth-order valence-electron chi connectivity index (χ4n) is 3.08. The molecule has 4 heteroatoms. The van der Waals surface area contributed by atoms with Crippen LogP contribution in [-0.4, -0.2) is 42.3 Å². The summed E-state index contributed by atoms with van der Waals surface area (Å²) >= 11 is 0. The zero-order chi connectivity index (χ0) is 17.6. The first-order chi connectivity index (χ1) is 12.1. The number of hydrogen-bond acceptors (Lipinski definition) is 4. The maximum Gasteiger partial charge on any atom is 0.126 e. The summed E-state index contributed by atoms with van der Waals surface area (Å²) in [6.07, 6.45) is 5.60. The molecule has 1 aliphatic rings. The molecule has 0 amide bonds. The van der Waals surface area contributed by atoms with Gasteiger partial charge in [0.2, 0.25) is 0 Å². The van der Waals surface area contributed by atoms with E-state index in [2.05, 4.69) is 47.1 Å². The average molecular weight is 337 g/mol. The van der Waals surface area contributed by atoms with Crippen LogP contribution in [0.3, 0.4) is 0 Å². The standard InChI is InChI=1S/C21H27N3O/c1-17-6-7-20(19(3)13-17)16-23-8-10-24(11-9-23)22-15-18(2)14-21-5-4-12-25-21/h4-7,12-15H,8-11,16H2,1-3H3. The molecule has 3 rings (SSSR count). The van der Waals surface area contributed by atoms with Crippen molar-refractivity contribution < 1.29 is 4.42 Å². The van der Waals surface area contributed by atoms with E-state index in [0.29, 0.717) is 0 Å². The van der Waals surface area contributed by atoms with E-state index in [-0.39, 0.29) is 0 Å². The first-order valence-corrected chi connectivity index (χ1v) is 8.89. The van der Waals surface area contributed by atoms with E-state index in [1.807, 2.05) is 31.3 Å².